The van der Waals surface area contributed by atoms with Gasteiger partial charge in [-0.1, -0.05) is 30.3 Å². The molecule has 0 saturated carbocycles. The maximum Gasteiger partial charge on any atom is 0.246 e. The molecule has 3 heterocycles. The van der Waals surface area contributed by atoms with E-state index in [1.54, 1.807) is 0 Å². The molecule has 0 spiro atoms. The number of aromatic nitrogens is 2. The highest BCUT2D eigenvalue weighted by Gasteiger charge is 2.49. The smallest absolute Gasteiger partial charge is 0.246 e. The van der Waals surface area contributed by atoms with Crippen molar-refractivity contribution in [1.82, 2.24) is 15.3 Å². The van der Waals surface area contributed by atoms with Crippen LogP contribution >= 0.6 is 0 Å². The van der Waals surface area contributed by atoms with Gasteiger partial charge in [-0.25, -0.2) is 9.97 Å². The average molecular weight is 350 g/mol. The highest BCUT2D eigenvalue weighted by atomic mass is 16.5. The Bertz CT molecular complexity index is 881. The number of carbonyl (C=O) groups is 1. The van der Waals surface area contributed by atoms with Gasteiger partial charge in [-0.15, -0.1) is 0 Å². The van der Waals surface area contributed by atoms with E-state index in [0.29, 0.717) is 25.3 Å². The van der Waals surface area contributed by atoms with Crippen LogP contribution in [0.25, 0.3) is 0 Å². The Balaban J connectivity index is 1.70. The second-order valence-electron chi connectivity index (χ2n) is 6.45. The standard InChI is InChI=1S/C18H18N6O2/c19-8-13-16(20)21-11-22-17(13)24-7-6-18(12-4-2-1-3-5-12)14(9-24)26-10-15(25)23-18/h1-5,11,14H,6-7,9-10H2,(H,23,25)(H2,20,21,22)/t14-,18+/m1/s1. The molecule has 8 nitrogen and oxygen atoms in total. The zero-order valence-corrected chi connectivity index (χ0v) is 14.1. The van der Waals surface area contributed by atoms with E-state index in [1.807, 2.05) is 35.2 Å². The number of anilines is 2. The number of nitriles is 1. The fraction of sp³-hybridized carbons (Fsp3) is 0.333. The molecule has 4 rings (SSSR count). The normalized spacial score (nSPS) is 25.1. The van der Waals surface area contributed by atoms with Crippen LogP contribution in [0, 0.1) is 11.3 Å². The second kappa shape index (κ2) is 6.28. The molecule has 2 aliphatic rings. The number of fused-ring (bicyclic) bond motifs is 1. The van der Waals surface area contributed by atoms with Gasteiger partial charge in [-0.05, 0) is 12.0 Å². The Kier molecular flexibility index (Phi) is 3.93. The number of ether oxygens (including phenoxy) is 1. The van der Waals surface area contributed by atoms with Gasteiger partial charge in [-0.3, -0.25) is 4.79 Å². The first-order valence-corrected chi connectivity index (χ1v) is 8.38. The van der Waals surface area contributed by atoms with Crippen molar-refractivity contribution in [3.63, 3.8) is 0 Å². The minimum atomic E-state index is -0.585. The number of nitrogens with two attached hydrogens (primary N) is 1. The molecule has 2 atom stereocenters. The molecule has 1 aromatic heterocycles. The first-order valence-electron chi connectivity index (χ1n) is 8.38. The largest absolute Gasteiger partial charge is 0.382 e. The highest BCUT2D eigenvalue weighted by Crippen LogP contribution is 2.38. The molecular formula is C18H18N6O2. The van der Waals surface area contributed by atoms with Crippen LogP contribution in [0.2, 0.25) is 0 Å². The molecule has 2 saturated heterocycles. The van der Waals surface area contributed by atoms with E-state index in [4.69, 9.17) is 10.5 Å². The van der Waals surface area contributed by atoms with Gasteiger partial charge >= 0.3 is 0 Å². The zero-order valence-electron chi connectivity index (χ0n) is 14.1. The average Bonchev–Trinajstić information content (AvgIpc) is 2.68. The summed E-state index contributed by atoms with van der Waals surface area (Å²) in [5.41, 5.74) is 6.51. The number of nitrogens with zero attached hydrogens (tertiary/aromatic N) is 4. The van der Waals surface area contributed by atoms with Crippen molar-refractivity contribution in [2.24, 2.45) is 0 Å². The third-order valence-electron chi connectivity index (χ3n) is 5.05. The van der Waals surface area contributed by atoms with E-state index >= 15 is 0 Å². The van der Waals surface area contributed by atoms with Gasteiger partial charge in [-0.2, -0.15) is 5.26 Å². The number of nitrogen functional groups attached to an aromatic ring is 1. The first kappa shape index (κ1) is 16.3. The Morgan fingerprint density at radius 3 is 2.92 bits per heavy atom. The Morgan fingerprint density at radius 2 is 2.15 bits per heavy atom. The molecule has 2 aliphatic heterocycles. The van der Waals surface area contributed by atoms with Gasteiger partial charge in [0.05, 0.1) is 5.54 Å². The third-order valence-corrected chi connectivity index (χ3v) is 5.05. The van der Waals surface area contributed by atoms with Crippen molar-refractivity contribution < 1.29 is 9.53 Å². The summed E-state index contributed by atoms with van der Waals surface area (Å²) in [5, 5.41) is 12.5. The molecule has 3 N–H and O–H groups in total. The molecule has 132 valence electrons. The monoisotopic (exact) mass is 350 g/mol. The highest BCUT2D eigenvalue weighted by molar-refractivity contribution is 5.79. The van der Waals surface area contributed by atoms with E-state index in [-0.39, 0.29) is 30.0 Å². The van der Waals surface area contributed by atoms with E-state index in [9.17, 15) is 10.1 Å². The number of piperidine rings is 1. The third kappa shape index (κ3) is 2.53. The van der Waals surface area contributed by atoms with Gasteiger partial charge in [0.15, 0.2) is 5.82 Å². The lowest BCUT2D eigenvalue weighted by Crippen LogP contribution is -2.66. The first-order chi connectivity index (χ1) is 12.6. The summed E-state index contributed by atoms with van der Waals surface area (Å²) in [6.07, 6.45) is 1.72. The molecule has 0 radical (unpaired) electrons. The van der Waals surface area contributed by atoms with Crippen molar-refractivity contribution in [3.05, 3.63) is 47.8 Å². The summed E-state index contributed by atoms with van der Waals surface area (Å²) < 4.78 is 5.90. The van der Waals surface area contributed by atoms with Crippen LogP contribution in [-0.4, -0.2) is 41.7 Å². The van der Waals surface area contributed by atoms with Crippen molar-refractivity contribution >= 4 is 17.5 Å². The molecule has 0 unspecified atom stereocenters. The van der Waals surface area contributed by atoms with Crippen LogP contribution in [0.3, 0.4) is 0 Å². The van der Waals surface area contributed by atoms with Gasteiger partial charge < -0.3 is 20.7 Å². The number of hydrogen-bond donors (Lipinski definition) is 2. The van der Waals surface area contributed by atoms with E-state index in [1.165, 1.54) is 6.33 Å². The molecule has 2 fully saturated rings. The number of rotatable bonds is 2. The van der Waals surface area contributed by atoms with Crippen molar-refractivity contribution in [2.45, 2.75) is 18.1 Å². The summed E-state index contributed by atoms with van der Waals surface area (Å²) in [7, 11) is 0. The van der Waals surface area contributed by atoms with Crippen LogP contribution in [0.5, 0.6) is 0 Å². The summed E-state index contributed by atoms with van der Waals surface area (Å²) in [6.45, 7) is 1.10. The maximum atomic E-state index is 12.1. The molecule has 0 aliphatic carbocycles. The quantitative estimate of drug-likeness (QED) is 0.812. The van der Waals surface area contributed by atoms with E-state index in [2.05, 4.69) is 21.4 Å². The summed E-state index contributed by atoms with van der Waals surface area (Å²) in [6, 6.07) is 11.9. The summed E-state index contributed by atoms with van der Waals surface area (Å²) in [4.78, 5) is 22.2. The van der Waals surface area contributed by atoms with E-state index < -0.39 is 5.54 Å². The Morgan fingerprint density at radius 1 is 1.35 bits per heavy atom. The van der Waals surface area contributed by atoms with Crippen LogP contribution in [0.4, 0.5) is 11.6 Å². The van der Waals surface area contributed by atoms with Crippen LogP contribution in [0.1, 0.15) is 17.5 Å². The topological polar surface area (TPSA) is 117 Å². The molecule has 26 heavy (non-hydrogen) atoms. The fourth-order valence-corrected chi connectivity index (χ4v) is 3.79. The SMILES string of the molecule is N#Cc1c(N)ncnc1N1CC[C@@]2(c3ccccc3)NC(=O)CO[C@@H]2C1. The number of amides is 1. The number of carbonyl (C=O) groups excluding carboxylic acids is 1. The Hall–Kier alpha value is -3.18. The van der Waals surface area contributed by atoms with Gasteiger partial charge in [0, 0.05) is 13.1 Å². The molecule has 8 heteroatoms. The second-order valence-corrected chi connectivity index (χ2v) is 6.45. The minimum Gasteiger partial charge on any atom is -0.382 e. The molecule has 1 amide bonds. The fourth-order valence-electron chi connectivity index (χ4n) is 3.79. The molecule has 2 aromatic rings. The molecular weight excluding hydrogens is 332 g/mol. The predicted molar refractivity (Wildman–Crippen MR) is 94.0 cm³/mol. The minimum absolute atomic E-state index is 0.0180. The maximum absolute atomic E-state index is 12.1. The van der Waals surface area contributed by atoms with Crippen molar-refractivity contribution in [3.8, 4) is 6.07 Å². The lowest BCUT2D eigenvalue weighted by Gasteiger charge is -2.50. The lowest BCUT2D eigenvalue weighted by molar-refractivity contribution is -0.146. The van der Waals surface area contributed by atoms with Crippen LogP contribution in [0.15, 0.2) is 36.7 Å². The predicted octanol–water partition coefficient (Wildman–Crippen LogP) is 0.551. The lowest BCUT2D eigenvalue weighted by atomic mass is 9.77. The van der Waals surface area contributed by atoms with Gasteiger partial charge in [0.25, 0.3) is 0 Å². The van der Waals surface area contributed by atoms with Crippen molar-refractivity contribution in [1.29, 1.82) is 5.26 Å². The number of morpholine rings is 1. The van der Waals surface area contributed by atoms with Gasteiger partial charge in [0.1, 0.15) is 36.5 Å². The number of hydrogen-bond acceptors (Lipinski definition) is 7. The number of nitrogens with one attached hydrogen (secondary N) is 1. The molecule has 1 aromatic carbocycles. The number of benzene rings is 1. The zero-order chi connectivity index (χ0) is 18.1. The summed E-state index contributed by atoms with van der Waals surface area (Å²) in [5.74, 6) is 0.542. The van der Waals surface area contributed by atoms with Crippen LogP contribution < -0.4 is 16.0 Å². The van der Waals surface area contributed by atoms with Crippen LogP contribution in [-0.2, 0) is 15.1 Å². The summed E-state index contributed by atoms with van der Waals surface area (Å²) >= 11 is 0. The molecule has 0 bridgehead atoms. The van der Waals surface area contributed by atoms with Crippen molar-refractivity contribution in [2.75, 3.05) is 30.3 Å². The Labute approximate surface area is 150 Å². The van der Waals surface area contributed by atoms with Gasteiger partial charge in [0.2, 0.25) is 5.91 Å². The van der Waals surface area contributed by atoms with E-state index in [0.717, 1.165) is 5.56 Å².